The number of epoxide rings is 1. The Balaban J connectivity index is 0.000000330. The molecule has 4 heteroatoms. The fourth-order valence-electron chi connectivity index (χ4n) is 0.368. The molecule has 70 valence electrons. The maximum Gasteiger partial charge on any atom is 0.330 e. The van der Waals surface area contributed by atoms with Crippen LogP contribution in [0.25, 0.3) is 0 Å². The average molecular weight is 174 g/mol. The summed E-state index contributed by atoms with van der Waals surface area (Å²) in [6.45, 7) is 3.50. The molecule has 1 aliphatic heterocycles. The summed E-state index contributed by atoms with van der Waals surface area (Å²) in [5, 5.41) is 16.5. The van der Waals surface area contributed by atoms with Crippen molar-refractivity contribution in [3.63, 3.8) is 0 Å². The Hall–Kier alpha value is -0.870. The van der Waals surface area contributed by atoms with E-state index in [2.05, 4.69) is 4.74 Å². The fraction of sp³-hybridized carbons (Fsp3) is 0.625. The number of aliphatic carboxylic acids is 1. The predicted molar refractivity (Wildman–Crippen MR) is 43.9 cm³/mol. The van der Waals surface area contributed by atoms with Crippen LogP contribution in [0.4, 0.5) is 0 Å². The Morgan fingerprint density at radius 2 is 2.08 bits per heavy atom. The second-order valence-electron chi connectivity index (χ2n) is 2.32. The van der Waals surface area contributed by atoms with Gasteiger partial charge in [-0.1, -0.05) is 6.08 Å². The minimum Gasteiger partial charge on any atom is -0.478 e. The van der Waals surface area contributed by atoms with Gasteiger partial charge in [-0.2, -0.15) is 0 Å². The van der Waals surface area contributed by atoms with Crippen molar-refractivity contribution in [2.45, 2.75) is 13.3 Å². The summed E-state index contributed by atoms with van der Waals surface area (Å²) in [5.41, 5.74) is 0.282. The molecule has 1 fully saturated rings. The quantitative estimate of drug-likeness (QED) is 0.480. The Morgan fingerprint density at radius 3 is 2.33 bits per heavy atom. The first-order valence-electron chi connectivity index (χ1n) is 3.77. The molecular weight excluding hydrogens is 160 g/mol. The van der Waals surface area contributed by atoms with E-state index in [1.807, 2.05) is 0 Å². The zero-order chi connectivity index (χ0) is 9.40. The fourth-order valence-corrected chi connectivity index (χ4v) is 0.368. The second-order valence-corrected chi connectivity index (χ2v) is 2.32. The number of ether oxygens (including phenoxy) is 1. The molecule has 0 radical (unpaired) electrons. The van der Waals surface area contributed by atoms with E-state index in [9.17, 15) is 4.79 Å². The van der Waals surface area contributed by atoms with Gasteiger partial charge in [0.05, 0.1) is 13.2 Å². The van der Waals surface area contributed by atoms with E-state index in [-0.39, 0.29) is 12.2 Å². The van der Waals surface area contributed by atoms with Crippen molar-refractivity contribution in [3.8, 4) is 0 Å². The number of carboxylic acid groups (broad SMARTS) is 1. The smallest absolute Gasteiger partial charge is 0.330 e. The highest BCUT2D eigenvalue weighted by molar-refractivity contribution is 5.85. The van der Waals surface area contributed by atoms with Crippen LogP contribution in [-0.2, 0) is 9.53 Å². The molecule has 0 spiro atoms. The summed E-state index contributed by atoms with van der Waals surface area (Å²) in [5.74, 6) is -0.927. The van der Waals surface area contributed by atoms with Crippen molar-refractivity contribution in [2.24, 2.45) is 0 Å². The van der Waals surface area contributed by atoms with Gasteiger partial charge in [-0.15, -0.1) is 0 Å². The van der Waals surface area contributed by atoms with Crippen LogP contribution in [0.15, 0.2) is 11.6 Å². The number of aliphatic hydroxyl groups is 1. The molecule has 1 rings (SSSR count). The monoisotopic (exact) mass is 174 g/mol. The Morgan fingerprint density at radius 1 is 1.58 bits per heavy atom. The SMILES string of the molecule is C1CO1.CC(=CCCO)C(=O)O. The number of hydrogen-bond donors (Lipinski definition) is 2. The highest BCUT2D eigenvalue weighted by atomic mass is 16.6. The van der Waals surface area contributed by atoms with Crippen LogP contribution in [0.3, 0.4) is 0 Å². The lowest BCUT2D eigenvalue weighted by Gasteiger charge is -1.89. The molecule has 0 atom stereocenters. The zero-order valence-corrected chi connectivity index (χ0v) is 7.12. The highest BCUT2D eigenvalue weighted by Crippen LogP contribution is 1.93. The molecule has 1 aliphatic rings. The first-order chi connectivity index (χ1) is 5.68. The second kappa shape index (κ2) is 6.82. The summed E-state index contributed by atoms with van der Waals surface area (Å²) in [6, 6.07) is 0. The van der Waals surface area contributed by atoms with Gasteiger partial charge < -0.3 is 14.9 Å². The van der Waals surface area contributed by atoms with Crippen LogP contribution < -0.4 is 0 Å². The van der Waals surface area contributed by atoms with Crippen molar-refractivity contribution in [1.29, 1.82) is 0 Å². The molecule has 0 aromatic carbocycles. The summed E-state index contributed by atoms with van der Waals surface area (Å²) in [7, 11) is 0. The third kappa shape index (κ3) is 9.13. The van der Waals surface area contributed by atoms with Crippen molar-refractivity contribution < 1.29 is 19.7 Å². The van der Waals surface area contributed by atoms with E-state index < -0.39 is 5.97 Å². The standard InChI is InChI=1S/C6H10O3.C2H4O/c1-5(6(8)9)3-2-4-7;1-2-3-1/h3,7H,2,4H2,1H3,(H,8,9);1-2H2. The number of carboxylic acids is 1. The van der Waals surface area contributed by atoms with Crippen LogP contribution >= 0.6 is 0 Å². The molecule has 0 aromatic heterocycles. The van der Waals surface area contributed by atoms with Crippen LogP contribution in [0.2, 0.25) is 0 Å². The molecule has 0 amide bonds. The minimum absolute atomic E-state index is 0.00458. The van der Waals surface area contributed by atoms with Crippen molar-refractivity contribution >= 4 is 5.97 Å². The largest absolute Gasteiger partial charge is 0.478 e. The molecule has 0 bridgehead atoms. The van der Waals surface area contributed by atoms with Crippen LogP contribution in [0.1, 0.15) is 13.3 Å². The first-order valence-corrected chi connectivity index (χ1v) is 3.77. The first kappa shape index (κ1) is 11.1. The van der Waals surface area contributed by atoms with E-state index in [0.29, 0.717) is 6.42 Å². The van der Waals surface area contributed by atoms with Crippen LogP contribution in [0.5, 0.6) is 0 Å². The van der Waals surface area contributed by atoms with E-state index in [0.717, 1.165) is 13.2 Å². The molecule has 0 saturated carbocycles. The maximum atomic E-state index is 10.1. The third-order valence-electron chi connectivity index (χ3n) is 1.12. The van der Waals surface area contributed by atoms with Gasteiger partial charge in [0.25, 0.3) is 0 Å². The Kier molecular flexibility index (Phi) is 6.32. The highest BCUT2D eigenvalue weighted by Gasteiger charge is 1.96. The topological polar surface area (TPSA) is 70.1 Å². The van der Waals surface area contributed by atoms with Gasteiger partial charge in [0.15, 0.2) is 0 Å². The normalized spacial score (nSPS) is 14.7. The van der Waals surface area contributed by atoms with Crippen molar-refractivity contribution in [3.05, 3.63) is 11.6 Å². The average Bonchev–Trinajstić information content (AvgIpc) is 2.85. The molecule has 0 aliphatic carbocycles. The van der Waals surface area contributed by atoms with Crippen molar-refractivity contribution in [2.75, 3.05) is 19.8 Å². The number of carbonyl (C=O) groups is 1. The molecule has 1 heterocycles. The van der Waals surface area contributed by atoms with Gasteiger partial charge in [0.2, 0.25) is 0 Å². The Labute approximate surface area is 71.5 Å². The molecule has 0 aromatic rings. The number of rotatable bonds is 3. The predicted octanol–water partition coefficient (Wildman–Crippen LogP) is 0.416. The van der Waals surface area contributed by atoms with Gasteiger partial charge in [-0.25, -0.2) is 4.79 Å². The van der Waals surface area contributed by atoms with Gasteiger partial charge >= 0.3 is 5.97 Å². The van der Waals surface area contributed by atoms with E-state index in [1.165, 1.54) is 13.0 Å². The van der Waals surface area contributed by atoms with Gasteiger partial charge in [-0.3, -0.25) is 0 Å². The third-order valence-corrected chi connectivity index (χ3v) is 1.12. The van der Waals surface area contributed by atoms with E-state index in [4.69, 9.17) is 10.2 Å². The summed E-state index contributed by atoms with van der Waals surface area (Å²) >= 11 is 0. The lowest BCUT2D eigenvalue weighted by molar-refractivity contribution is -0.132. The number of hydrogen-bond acceptors (Lipinski definition) is 3. The van der Waals surface area contributed by atoms with E-state index in [1.54, 1.807) is 0 Å². The van der Waals surface area contributed by atoms with Gasteiger partial charge in [0, 0.05) is 12.2 Å². The summed E-state index contributed by atoms with van der Waals surface area (Å²) in [6.07, 6.45) is 1.90. The molecule has 0 unspecified atom stereocenters. The minimum atomic E-state index is -0.927. The lowest BCUT2D eigenvalue weighted by Crippen LogP contribution is -1.95. The van der Waals surface area contributed by atoms with E-state index >= 15 is 0 Å². The van der Waals surface area contributed by atoms with Crippen LogP contribution in [-0.4, -0.2) is 36.0 Å². The number of aliphatic hydroxyl groups excluding tert-OH is 1. The van der Waals surface area contributed by atoms with Crippen molar-refractivity contribution in [1.82, 2.24) is 0 Å². The zero-order valence-electron chi connectivity index (χ0n) is 7.12. The summed E-state index contributed by atoms with van der Waals surface area (Å²) in [4.78, 5) is 10.1. The Bertz CT molecular complexity index is 158. The lowest BCUT2D eigenvalue weighted by atomic mass is 10.2. The summed E-state index contributed by atoms with van der Waals surface area (Å²) < 4.78 is 4.50. The molecule has 4 nitrogen and oxygen atoms in total. The van der Waals surface area contributed by atoms with Crippen LogP contribution in [0, 0.1) is 0 Å². The maximum absolute atomic E-state index is 10.1. The van der Waals surface area contributed by atoms with Gasteiger partial charge in [-0.05, 0) is 13.3 Å². The molecular formula is C8H14O4. The molecule has 12 heavy (non-hydrogen) atoms. The van der Waals surface area contributed by atoms with Gasteiger partial charge in [0.1, 0.15) is 0 Å². The molecule has 2 N–H and O–H groups in total. The molecule has 1 saturated heterocycles.